The van der Waals surface area contributed by atoms with Crippen LogP contribution in [0.5, 0.6) is 11.5 Å². The van der Waals surface area contributed by atoms with Crippen LogP contribution >= 0.6 is 0 Å². The van der Waals surface area contributed by atoms with Gasteiger partial charge in [-0.2, -0.15) is 23.5 Å². The summed E-state index contributed by atoms with van der Waals surface area (Å²) in [5, 5.41) is 12.8. The topological polar surface area (TPSA) is 94.2 Å². The fraction of sp³-hybridized carbons (Fsp3) is 0.412. The zero-order chi connectivity index (χ0) is 20.4. The Balaban J connectivity index is 1.93. The van der Waals surface area contributed by atoms with Gasteiger partial charge in [0.15, 0.2) is 5.75 Å². The largest absolute Gasteiger partial charge is 0.497 e. The van der Waals surface area contributed by atoms with Crippen LogP contribution in [0.3, 0.4) is 0 Å². The van der Waals surface area contributed by atoms with E-state index in [-0.39, 0.29) is 17.2 Å². The molecule has 0 aliphatic carbocycles. The number of rotatable bonds is 5. The Bertz CT molecular complexity index is 973. The molecule has 1 saturated heterocycles. The number of hydrogen-bond donors (Lipinski definition) is 0. The molecule has 0 bridgehead atoms. The van der Waals surface area contributed by atoms with Crippen LogP contribution < -0.4 is 4.74 Å². The number of sulfone groups is 1. The second-order valence-corrected chi connectivity index (χ2v) is 8.17. The Kier molecular flexibility index (Phi) is 5.62. The molecular formula is C17H16F3N3O4S. The van der Waals surface area contributed by atoms with Crippen molar-refractivity contribution in [2.45, 2.75) is 36.8 Å². The molecule has 0 spiro atoms. The molecule has 1 atom stereocenters. The predicted octanol–water partition coefficient (Wildman–Crippen LogP) is 3.68. The maximum atomic E-state index is 12.8. The number of ether oxygens (including phenoxy) is 2. The second kappa shape index (κ2) is 7.81. The highest BCUT2D eigenvalue weighted by atomic mass is 32.2. The van der Waals surface area contributed by atoms with Gasteiger partial charge in [0.2, 0.25) is 0 Å². The summed E-state index contributed by atoms with van der Waals surface area (Å²) in [4.78, 5) is 0. The molecule has 0 saturated carbocycles. The molecule has 2 heterocycles. The quantitative estimate of drug-likeness (QED) is 0.739. The van der Waals surface area contributed by atoms with E-state index < -0.39 is 27.3 Å². The third kappa shape index (κ3) is 4.45. The highest BCUT2D eigenvalue weighted by Crippen LogP contribution is 2.33. The van der Waals surface area contributed by atoms with Crippen molar-refractivity contribution in [3.05, 3.63) is 41.7 Å². The van der Waals surface area contributed by atoms with E-state index in [0.29, 0.717) is 18.6 Å². The van der Waals surface area contributed by atoms with Crippen LogP contribution in [0.4, 0.5) is 13.2 Å². The molecule has 0 amide bonds. The van der Waals surface area contributed by atoms with Crippen LogP contribution in [0.2, 0.25) is 0 Å². The van der Waals surface area contributed by atoms with Crippen LogP contribution in [0.1, 0.15) is 36.7 Å². The maximum Gasteiger partial charge on any atom is 0.497 e. The minimum Gasteiger partial charge on any atom is -0.454 e. The molecule has 1 aliphatic rings. The van der Waals surface area contributed by atoms with Gasteiger partial charge in [0.1, 0.15) is 23.4 Å². The van der Waals surface area contributed by atoms with Crippen molar-refractivity contribution in [3.63, 3.8) is 0 Å². The number of nitriles is 1. The van der Waals surface area contributed by atoms with Gasteiger partial charge >= 0.3 is 5.51 Å². The average molecular weight is 415 g/mol. The number of hydrogen-bond acceptors (Lipinski definition) is 6. The molecule has 28 heavy (non-hydrogen) atoms. The van der Waals surface area contributed by atoms with Gasteiger partial charge in [-0.25, -0.2) is 13.1 Å². The van der Waals surface area contributed by atoms with Gasteiger partial charge in [-0.15, -0.1) is 0 Å². The summed E-state index contributed by atoms with van der Waals surface area (Å²) < 4.78 is 74.0. The van der Waals surface area contributed by atoms with Crippen LogP contribution in [-0.2, 0) is 20.3 Å². The smallest absolute Gasteiger partial charge is 0.454 e. The zero-order valence-corrected chi connectivity index (χ0v) is 15.3. The van der Waals surface area contributed by atoms with Gasteiger partial charge in [-0.05, 0) is 43.5 Å². The van der Waals surface area contributed by atoms with E-state index >= 15 is 0 Å². The minimum atomic E-state index is -5.43. The Hall–Kier alpha value is -2.58. The first-order valence-electron chi connectivity index (χ1n) is 8.36. The molecule has 150 valence electrons. The fourth-order valence-electron chi connectivity index (χ4n) is 2.66. The second-order valence-electron chi connectivity index (χ2n) is 6.18. The van der Waals surface area contributed by atoms with Crippen LogP contribution in [-0.4, -0.2) is 30.3 Å². The maximum absolute atomic E-state index is 12.8. The normalized spacial score (nSPS) is 17.9. The van der Waals surface area contributed by atoms with Gasteiger partial charge in [0.25, 0.3) is 9.84 Å². The molecule has 3 rings (SSSR count). The standard InChI is InChI=1S/C17H16F3N3O4S/c18-17(19,20)28(24,25)11-14-15(27-13-6-4-12(9-21)5-7-13)10-23(22-14)16-3-1-2-8-26-16/h4-7,10,16H,1-3,8,11H2. The summed E-state index contributed by atoms with van der Waals surface area (Å²) in [5.41, 5.74) is -5.39. The molecule has 0 radical (unpaired) electrons. The van der Waals surface area contributed by atoms with Crippen molar-refractivity contribution in [2.75, 3.05) is 6.61 Å². The molecule has 1 fully saturated rings. The van der Waals surface area contributed by atoms with Crippen molar-refractivity contribution in [3.8, 4) is 17.6 Å². The molecule has 1 aromatic heterocycles. The lowest BCUT2D eigenvalue weighted by atomic mass is 10.2. The van der Waals surface area contributed by atoms with Crippen LogP contribution in [0.15, 0.2) is 30.5 Å². The number of nitrogens with zero attached hydrogens (tertiary/aromatic N) is 3. The van der Waals surface area contributed by atoms with E-state index in [1.54, 1.807) is 0 Å². The van der Waals surface area contributed by atoms with Gasteiger partial charge in [-0.1, -0.05) is 0 Å². The monoisotopic (exact) mass is 415 g/mol. The summed E-state index contributed by atoms with van der Waals surface area (Å²) in [7, 11) is -5.43. The summed E-state index contributed by atoms with van der Waals surface area (Å²) >= 11 is 0. The highest BCUT2D eigenvalue weighted by Gasteiger charge is 2.46. The molecule has 1 aromatic carbocycles. The summed E-state index contributed by atoms with van der Waals surface area (Å²) in [6.07, 6.45) is 3.15. The third-order valence-corrected chi connectivity index (χ3v) is 5.47. The first-order chi connectivity index (χ1) is 13.2. The molecule has 1 aliphatic heterocycles. The Morgan fingerprint density at radius 3 is 2.57 bits per heavy atom. The molecule has 0 N–H and O–H groups in total. The van der Waals surface area contributed by atoms with Crippen molar-refractivity contribution in [1.82, 2.24) is 9.78 Å². The molecule has 1 unspecified atom stereocenters. The van der Waals surface area contributed by atoms with Gasteiger partial charge < -0.3 is 9.47 Å². The van der Waals surface area contributed by atoms with E-state index in [4.69, 9.17) is 14.7 Å². The van der Waals surface area contributed by atoms with Gasteiger partial charge in [0.05, 0.1) is 17.8 Å². The first-order valence-corrected chi connectivity index (χ1v) is 10.0. The van der Waals surface area contributed by atoms with E-state index in [2.05, 4.69) is 5.10 Å². The third-order valence-electron chi connectivity index (χ3n) is 4.11. The number of aromatic nitrogens is 2. The molecular weight excluding hydrogens is 399 g/mol. The number of alkyl halides is 3. The fourth-order valence-corrected chi connectivity index (χ4v) is 3.39. The number of halogens is 3. The van der Waals surface area contributed by atoms with Crippen molar-refractivity contribution < 1.29 is 31.1 Å². The van der Waals surface area contributed by atoms with Crippen LogP contribution in [0.25, 0.3) is 0 Å². The number of benzene rings is 1. The summed E-state index contributed by atoms with van der Waals surface area (Å²) in [5.74, 6) is -1.23. The summed E-state index contributed by atoms with van der Waals surface area (Å²) in [6.45, 7) is 0.479. The average Bonchev–Trinajstić information content (AvgIpc) is 3.04. The lowest BCUT2D eigenvalue weighted by molar-refractivity contribution is -0.0439. The zero-order valence-electron chi connectivity index (χ0n) is 14.5. The van der Waals surface area contributed by atoms with Crippen molar-refractivity contribution >= 4 is 9.84 Å². The van der Waals surface area contributed by atoms with Gasteiger partial charge in [0, 0.05) is 6.61 Å². The highest BCUT2D eigenvalue weighted by molar-refractivity contribution is 7.91. The first kappa shape index (κ1) is 20.2. The predicted molar refractivity (Wildman–Crippen MR) is 91.0 cm³/mol. The minimum absolute atomic E-state index is 0.119. The lowest BCUT2D eigenvalue weighted by Crippen LogP contribution is -2.25. The van der Waals surface area contributed by atoms with E-state index in [1.807, 2.05) is 6.07 Å². The van der Waals surface area contributed by atoms with E-state index in [1.165, 1.54) is 35.1 Å². The Morgan fingerprint density at radius 1 is 1.29 bits per heavy atom. The van der Waals surface area contributed by atoms with E-state index in [9.17, 15) is 21.6 Å². The molecule has 2 aromatic rings. The summed E-state index contributed by atoms with van der Waals surface area (Å²) in [6, 6.07) is 7.77. The lowest BCUT2D eigenvalue weighted by Gasteiger charge is -2.22. The van der Waals surface area contributed by atoms with Crippen LogP contribution in [0, 0.1) is 11.3 Å². The van der Waals surface area contributed by atoms with Crippen molar-refractivity contribution in [1.29, 1.82) is 5.26 Å². The van der Waals surface area contributed by atoms with Crippen molar-refractivity contribution in [2.24, 2.45) is 0 Å². The Labute approximate surface area is 159 Å². The van der Waals surface area contributed by atoms with E-state index in [0.717, 1.165) is 12.8 Å². The Morgan fingerprint density at radius 2 is 2.00 bits per heavy atom. The molecule has 11 heteroatoms. The SMILES string of the molecule is N#Cc1ccc(Oc2cn(C3CCCCO3)nc2CS(=O)(=O)C(F)(F)F)cc1. The van der Waals surface area contributed by atoms with Gasteiger partial charge in [-0.3, -0.25) is 0 Å². The molecule has 7 nitrogen and oxygen atoms in total.